The highest BCUT2D eigenvalue weighted by Gasteiger charge is 2.37. The van der Waals surface area contributed by atoms with E-state index in [0.29, 0.717) is 18.9 Å². The summed E-state index contributed by atoms with van der Waals surface area (Å²) in [6.45, 7) is 4.87. The van der Waals surface area contributed by atoms with Crippen molar-refractivity contribution in [1.82, 2.24) is 19.9 Å². The van der Waals surface area contributed by atoms with Crippen LogP contribution in [0, 0.1) is 5.92 Å². The van der Waals surface area contributed by atoms with Crippen LogP contribution in [-0.4, -0.2) is 66.4 Å². The van der Waals surface area contributed by atoms with Gasteiger partial charge in [-0.05, 0) is 32.2 Å². The third-order valence-electron chi connectivity index (χ3n) is 4.74. The molecule has 1 aromatic heterocycles. The minimum atomic E-state index is 0.631. The summed E-state index contributed by atoms with van der Waals surface area (Å²) >= 11 is 0. The summed E-state index contributed by atoms with van der Waals surface area (Å²) in [4.78, 5) is 9.31. The Bertz CT molecular complexity index is 451. The van der Waals surface area contributed by atoms with Crippen LogP contribution in [0.1, 0.15) is 31.0 Å². The van der Waals surface area contributed by atoms with Crippen LogP contribution in [0.4, 0.5) is 0 Å². The molecule has 1 aromatic rings. The molecule has 0 radical (unpaired) electrons. The maximum atomic E-state index is 5.28. The smallest absolute Gasteiger partial charge is 0.240 e. The molecule has 0 aromatic carbocycles. The molecule has 0 unspecified atom stereocenters. The van der Waals surface area contributed by atoms with E-state index in [1.54, 1.807) is 7.11 Å². The molecule has 1 saturated heterocycles. The van der Waals surface area contributed by atoms with Crippen molar-refractivity contribution in [3.8, 4) is 0 Å². The van der Waals surface area contributed by atoms with Crippen molar-refractivity contribution in [2.45, 2.75) is 38.3 Å². The molecule has 2 atom stereocenters. The van der Waals surface area contributed by atoms with Crippen molar-refractivity contribution in [3.63, 3.8) is 0 Å². The second kappa shape index (κ2) is 6.85. The van der Waals surface area contributed by atoms with Crippen LogP contribution in [0.25, 0.3) is 0 Å². The zero-order chi connectivity index (χ0) is 14.7. The van der Waals surface area contributed by atoms with Gasteiger partial charge in [-0.1, -0.05) is 5.16 Å². The molecule has 2 aliphatic rings. The molecule has 0 spiro atoms. The fourth-order valence-corrected chi connectivity index (χ4v) is 3.56. The first-order chi connectivity index (χ1) is 10.2. The Morgan fingerprint density at radius 3 is 3.05 bits per heavy atom. The molecule has 3 rings (SSSR count). The molecule has 0 amide bonds. The average Bonchev–Trinajstić information content (AvgIpc) is 3.19. The predicted octanol–water partition coefficient (Wildman–Crippen LogP) is 1.17. The predicted molar refractivity (Wildman–Crippen MR) is 78.9 cm³/mol. The van der Waals surface area contributed by atoms with Crippen molar-refractivity contribution in [1.29, 1.82) is 0 Å². The van der Waals surface area contributed by atoms with Crippen LogP contribution < -0.4 is 0 Å². The Balaban J connectivity index is 1.39. The van der Waals surface area contributed by atoms with Gasteiger partial charge in [0.25, 0.3) is 0 Å². The van der Waals surface area contributed by atoms with E-state index < -0.39 is 0 Å². The number of likely N-dealkylation sites (N-methyl/N-ethyl adjacent to an activating group) is 1. The van der Waals surface area contributed by atoms with Gasteiger partial charge in [0.1, 0.15) is 0 Å². The highest BCUT2D eigenvalue weighted by atomic mass is 16.5. The van der Waals surface area contributed by atoms with Crippen molar-refractivity contribution >= 4 is 0 Å². The van der Waals surface area contributed by atoms with Gasteiger partial charge in [-0.3, -0.25) is 9.80 Å². The highest BCUT2D eigenvalue weighted by Crippen LogP contribution is 2.36. The number of methoxy groups -OCH3 is 1. The number of ether oxygens (including phenoxy) is 1. The van der Waals surface area contributed by atoms with Crippen molar-refractivity contribution in [3.05, 3.63) is 11.7 Å². The minimum Gasteiger partial charge on any atom is -0.384 e. The van der Waals surface area contributed by atoms with Gasteiger partial charge >= 0.3 is 0 Å². The average molecular weight is 294 g/mol. The van der Waals surface area contributed by atoms with Crippen LogP contribution in [0.2, 0.25) is 0 Å². The molecule has 6 nitrogen and oxygen atoms in total. The van der Waals surface area contributed by atoms with Crippen LogP contribution in [0.15, 0.2) is 4.52 Å². The zero-order valence-corrected chi connectivity index (χ0v) is 13.1. The molecule has 2 bridgehead atoms. The molecular weight excluding hydrogens is 268 g/mol. The second-order valence-corrected chi connectivity index (χ2v) is 6.41. The molecular formula is C15H26N4O2. The van der Waals surface area contributed by atoms with Gasteiger partial charge in [0, 0.05) is 39.2 Å². The Kier molecular flexibility index (Phi) is 4.87. The van der Waals surface area contributed by atoms with E-state index >= 15 is 0 Å². The summed E-state index contributed by atoms with van der Waals surface area (Å²) in [7, 11) is 3.80. The first kappa shape index (κ1) is 14.9. The number of fused-ring (bicyclic) bond motifs is 2. The van der Waals surface area contributed by atoms with Crippen LogP contribution in [0.3, 0.4) is 0 Å². The second-order valence-electron chi connectivity index (χ2n) is 6.41. The lowest BCUT2D eigenvalue weighted by Crippen LogP contribution is -2.38. The SMILES string of the molecule is COCCc1noc(CN(C)CCN2C[C@H]3CC[C@@H]2C3)n1. The quantitative estimate of drug-likeness (QED) is 0.717. The summed E-state index contributed by atoms with van der Waals surface area (Å²) in [6, 6.07) is 0.854. The topological polar surface area (TPSA) is 54.6 Å². The van der Waals surface area contributed by atoms with Gasteiger partial charge in [-0.25, -0.2) is 0 Å². The first-order valence-electron chi connectivity index (χ1n) is 7.97. The lowest BCUT2D eigenvalue weighted by atomic mass is 10.1. The van der Waals surface area contributed by atoms with Crippen LogP contribution >= 0.6 is 0 Å². The molecule has 1 aliphatic carbocycles. The maximum absolute atomic E-state index is 5.28. The van der Waals surface area contributed by atoms with E-state index in [-0.39, 0.29) is 0 Å². The number of rotatable bonds is 8. The minimum absolute atomic E-state index is 0.631. The van der Waals surface area contributed by atoms with Crippen LogP contribution in [-0.2, 0) is 17.7 Å². The van der Waals surface area contributed by atoms with E-state index in [2.05, 4.69) is 27.0 Å². The fraction of sp³-hybridized carbons (Fsp3) is 0.867. The summed E-state index contributed by atoms with van der Waals surface area (Å²) in [5, 5.41) is 3.97. The van der Waals surface area contributed by atoms with Crippen molar-refractivity contribution < 1.29 is 9.26 Å². The number of likely N-dealkylation sites (tertiary alicyclic amines) is 1. The number of hydrogen-bond acceptors (Lipinski definition) is 6. The zero-order valence-electron chi connectivity index (χ0n) is 13.1. The van der Waals surface area contributed by atoms with Gasteiger partial charge in [0.2, 0.25) is 5.89 Å². The lowest BCUT2D eigenvalue weighted by molar-refractivity contribution is 0.174. The van der Waals surface area contributed by atoms with Crippen LogP contribution in [0.5, 0.6) is 0 Å². The maximum Gasteiger partial charge on any atom is 0.240 e. The summed E-state index contributed by atoms with van der Waals surface area (Å²) < 4.78 is 10.3. The molecule has 1 saturated carbocycles. The molecule has 118 valence electrons. The van der Waals surface area contributed by atoms with Crippen molar-refractivity contribution in [2.24, 2.45) is 5.92 Å². The Labute approximate surface area is 126 Å². The van der Waals surface area contributed by atoms with Gasteiger partial charge in [-0.2, -0.15) is 4.98 Å². The van der Waals surface area contributed by atoms with Crippen molar-refractivity contribution in [2.75, 3.05) is 40.4 Å². The van der Waals surface area contributed by atoms with E-state index in [1.165, 1.54) is 25.8 Å². The van der Waals surface area contributed by atoms with E-state index in [1.807, 2.05) is 0 Å². The molecule has 1 aliphatic heterocycles. The summed E-state index contributed by atoms with van der Waals surface area (Å²) in [5.41, 5.74) is 0. The number of nitrogens with zero attached hydrogens (tertiary/aromatic N) is 4. The Morgan fingerprint density at radius 2 is 2.33 bits per heavy atom. The van der Waals surface area contributed by atoms with Gasteiger partial charge in [0.15, 0.2) is 5.82 Å². The molecule has 2 heterocycles. The summed E-state index contributed by atoms with van der Waals surface area (Å²) in [5.74, 6) is 2.41. The van der Waals surface area contributed by atoms with Gasteiger partial charge in [-0.15, -0.1) is 0 Å². The Hall–Kier alpha value is -0.980. The number of piperidine rings is 1. The standard InChI is InChI=1S/C15H26N4O2/c1-18(6-7-19-10-12-3-4-13(19)9-12)11-15-16-14(17-21-15)5-8-20-2/h12-13H,3-11H2,1-2H3/t12-,13+/m0/s1. The fourth-order valence-electron chi connectivity index (χ4n) is 3.56. The molecule has 21 heavy (non-hydrogen) atoms. The van der Waals surface area contributed by atoms with E-state index in [0.717, 1.165) is 37.4 Å². The third kappa shape index (κ3) is 3.81. The largest absolute Gasteiger partial charge is 0.384 e. The highest BCUT2D eigenvalue weighted by molar-refractivity contribution is 4.92. The first-order valence-corrected chi connectivity index (χ1v) is 7.97. The number of hydrogen-bond donors (Lipinski definition) is 0. The monoisotopic (exact) mass is 294 g/mol. The number of aromatic nitrogens is 2. The van der Waals surface area contributed by atoms with E-state index in [9.17, 15) is 0 Å². The molecule has 0 N–H and O–H groups in total. The lowest BCUT2D eigenvalue weighted by Gasteiger charge is -2.28. The van der Waals surface area contributed by atoms with Gasteiger partial charge in [0.05, 0.1) is 13.2 Å². The Morgan fingerprint density at radius 1 is 1.43 bits per heavy atom. The normalized spacial score (nSPS) is 25.3. The third-order valence-corrected chi connectivity index (χ3v) is 4.74. The molecule has 2 fully saturated rings. The molecule has 6 heteroatoms. The van der Waals surface area contributed by atoms with E-state index in [4.69, 9.17) is 9.26 Å². The van der Waals surface area contributed by atoms with Gasteiger partial charge < -0.3 is 9.26 Å². The summed E-state index contributed by atoms with van der Waals surface area (Å²) in [6.07, 6.45) is 4.99.